The van der Waals surface area contributed by atoms with Crippen molar-refractivity contribution in [1.82, 2.24) is 9.88 Å². The molecule has 0 N–H and O–H groups in total. The minimum absolute atomic E-state index is 0.132. The fourth-order valence-electron chi connectivity index (χ4n) is 3.23. The summed E-state index contributed by atoms with van der Waals surface area (Å²) in [4.78, 5) is 19.2. The Kier molecular flexibility index (Phi) is 4.44. The molecule has 1 fully saturated rings. The molecule has 0 spiro atoms. The summed E-state index contributed by atoms with van der Waals surface area (Å²) in [7, 11) is 0. The Morgan fingerprint density at radius 1 is 1.20 bits per heavy atom. The van der Waals surface area contributed by atoms with E-state index < -0.39 is 5.82 Å². The van der Waals surface area contributed by atoms with Gasteiger partial charge in [0.25, 0.3) is 5.91 Å². The molecule has 0 aliphatic carbocycles. The summed E-state index contributed by atoms with van der Waals surface area (Å²) in [6.45, 7) is 1.32. The zero-order valence-corrected chi connectivity index (χ0v) is 15.0. The highest BCUT2D eigenvalue weighted by Crippen LogP contribution is 2.34. The van der Waals surface area contributed by atoms with Crippen LogP contribution < -0.4 is 0 Å². The average molecular weight is 375 g/mol. The van der Waals surface area contributed by atoms with Gasteiger partial charge in [-0.3, -0.25) is 4.79 Å². The third-order valence-electron chi connectivity index (χ3n) is 4.60. The van der Waals surface area contributed by atoms with Gasteiger partial charge in [-0.25, -0.2) is 9.37 Å². The minimum atomic E-state index is -0.434. The fourth-order valence-corrected chi connectivity index (χ4v) is 4.61. The molecule has 0 bridgehead atoms. The highest BCUT2D eigenvalue weighted by atomic mass is 35.5. The first kappa shape index (κ1) is 16.5. The van der Waals surface area contributed by atoms with E-state index in [2.05, 4.69) is 6.07 Å². The summed E-state index contributed by atoms with van der Waals surface area (Å²) >= 11 is 7.75. The molecule has 3 aromatic rings. The van der Waals surface area contributed by atoms with Crippen LogP contribution in [0.2, 0.25) is 5.02 Å². The minimum Gasteiger partial charge on any atom is -0.339 e. The topological polar surface area (TPSA) is 33.2 Å². The van der Waals surface area contributed by atoms with Crippen molar-refractivity contribution in [3.63, 3.8) is 0 Å². The molecule has 1 aromatic heterocycles. The highest BCUT2D eigenvalue weighted by molar-refractivity contribution is 7.18. The van der Waals surface area contributed by atoms with Crippen molar-refractivity contribution in [3.05, 3.63) is 63.9 Å². The van der Waals surface area contributed by atoms with Gasteiger partial charge in [-0.15, -0.1) is 11.3 Å². The summed E-state index contributed by atoms with van der Waals surface area (Å²) in [5, 5.41) is 1.31. The van der Waals surface area contributed by atoms with E-state index in [0.29, 0.717) is 24.6 Å². The van der Waals surface area contributed by atoms with Crippen LogP contribution in [0.15, 0.2) is 42.5 Å². The largest absolute Gasteiger partial charge is 0.339 e. The number of aromatic nitrogens is 1. The molecule has 2 aromatic carbocycles. The predicted molar refractivity (Wildman–Crippen MR) is 98.9 cm³/mol. The molecule has 1 amide bonds. The number of thiazole rings is 1. The lowest BCUT2D eigenvalue weighted by atomic mass is 9.97. The molecule has 1 aliphatic rings. The lowest BCUT2D eigenvalue weighted by Crippen LogP contribution is -2.38. The monoisotopic (exact) mass is 374 g/mol. The van der Waals surface area contributed by atoms with E-state index in [9.17, 15) is 9.18 Å². The molecule has 1 saturated heterocycles. The van der Waals surface area contributed by atoms with Crippen LogP contribution >= 0.6 is 22.9 Å². The summed E-state index contributed by atoms with van der Waals surface area (Å²) in [6, 6.07) is 12.1. The lowest BCUT2D eigenvalue weighted by Gasteiger charge is -2.31. The van der Waals surface area contributed by atoms with Gasteiger partial charge in [0.2, 0.25) is 0 Å². The zero-order valence-electron chi connectivity index (χ0n) is 13.4. The Balaban J connectivity index is 1.46. The van der Waals surface area contributed by atoms with Gasteiger partial charge >= 0.3 is 0 Å². The molecule has 0 radical (unpaired) electrons. The summed E-state index contributed by atoms with van der Waals surface area (Å²) in [5.41, 5.74) is 1.40. The van der Waals surface area contributed by atoms with Gasteiger partial charge in [0.1, 0.15) is 5.82 Å². The molecule has 0 saturated carbocycles. The summed E-state index contributed by atoms with van der Waals surface area (Å²) < 4.78 is 14.4. The first-order chi connectivity index (χ1) is 12.1. The second-order valence-electron chi connectivity index (χ2n) is 6.21. The van der Waals surface area contributed by atoms with Gasteiger partial charge in [0, 0.05) is 19.0 Å². The van der Waals surface area contributed by atoms with Crippen LogP contribution in [0.1, 0.15) is 34.1 Å². The van der Waals surface area contributed by atoms with Crippen molar-refractivity contribution in [3.8, 4) is 0 Å². The van der Waals surface area contributed by atoms with Gasteiger partial charge in [0.15, 0.2) is 0 Å². The van der Waals surface area contributed by atoms with Crippen molar-refractivity contribution < 1.29 is 9.18 Å². The first-order valence-corrected chi connectivity index (χ1v) is 9.41. The van der Waals surface area contributed by atoms with Gasteiger partial charge < -0.3 is 4.90 Å². The Labute approximate surface area is 154 Å². The average Bonchev–Trinajstić information content (AvgIpc) is 3.05. The second kappa shape index (κ2) is 6.73. The number of piperidine rings is 1. The number of nitrogens with zero attached hydrogens (tertiary/aromatic N) is 2. The van der Waals surface area contributed by atoms with Crippen LogP contribution in [-0.4, -0.2) is 28.9 Å². The Morgan fingerprint density at radius 2 is 1.96 bits per heavy atom. The van der Waals surface area contributed by atoms with E-state index in [-0.39, 0.29) is 10.9 Å². The third-order valence-corrected chi connectivity index (χ3v) is 6.11. The van der Waals surface area contributed by atoms with E-state index in [1.54, 1.807) is 16.2 Å². The number of amides is 1. The zero-order chi connectivity index (χ0) is 17.4. The quantitative estimate of drug-likeness (QED) is 0.624. The number of likely N-dealkylation sites (tertiary alicyclic amines) is 1. The molecule has 2 heterocycles. The maximum atomic E-state index is 13.2. The third kappa shape index (κ3) is 3.26. The van der Waals surface area contributed by atoms with Crippen molar-refractivity contribution >= 4 is 39.1 Å². The molecule has 4 rings (SSSR count). The van der Waals surface area contributed by atoms with Crippen molar-refractivity contribution in [2.75, 3.05) is 13.1 Å². The molecule has 128 valence electrons. The molecule has 3 nitrogen and oxygen atoms in total. The number of carbonyl (C=O) groups excluding carboxylic acids is 1. The van der Waals surface area contributed by atoms with Crippen LogP contribution in [0.25, 0.3) is 10.2 Å². The van der Waals surface area contributed by atoms with Crippen LogP contribution in [0, 0.1) is 5.82 Å². The standard InChI is InChI=1S/C19H16ClFN2OS/c20-15-11-13(21)5-6-14(15)19(24)23-9-7-12(8-10-23)18-22-16-3-1-2-4-17(16)25-18/h1-6,11-12H,7-10H2. The molecule has 0 atom stereocenters. The first-order valence-electron chi connectivity index (χ1n) is 8.21. The number of carbonyl (C=O) groups is 1. The maximum absolute atomic E-state index is 13.2. The van der Waals surface area contributed by atoms with E-state index in [1.165, 1.54) is 22.9 Å². The van der Waals surface area contributed by atoms with Crippen molar-refractivity contribution in [2.24, 2.45) is 0 Å². The fraction of sp³-hybridized carbons (Fsp3) is 0.263. The molecule has 6 heteroatoms. The number of halogens is 2. The molecular formula is C19H16ClFN2OS. The Hall–Kier alpha value is -1.98. The van der Waals surface area contributed by atoms with Gasteiger partial charge in [0.05, 0.1) is 25.8 Å². The van der Waals surface area contributed by atoms with E-state index >= 15 is 0 Å². The van der Waals surface area contributed by atoms with E-state index in [4.69, 9.17) is 16.6 Å². The van der Waals surface area contributed by atoms with E-state index in [1.807, 2.05) is 18.2 Å². The van der Waals surface area contributed by atoms with Crippen LogP contribution in [-0.2, 0) is 0 Å². The molecular weight excluding hydrogens is 359 g/mol. The number of fused-ring (bicyclic) bond motifs is 1. The SMILES string of the molecule is O=C(c1ccc(F)cc1Cl)N1CCC(c2nc3ccccc3s2)CC1. The van der Waals surface area contributed by atoms with Crippen LogP contribution in [0.4, 0.5) is 4.39 Å². The number of rotatable bonds is 2. The molecule has 25 heavy (non-hydrogen) atoms. The van der Waals surface area contributed by atoms with Crippen molar-refractivity contribution in [1.29, 1.82) is 0 Å². The van der Waals surface area contributed by atoms with Crippen molar-refractivity contribution in [2.45, 2.75) is 18.8 Å². The predicted octanol–water partition coefficient (Wildman–Crippen LogP) is 5.11. The molecule has 1 aliphatic heterocycles. The number of benzene rings is 2. The number of hydrogen-bond acceptors (Lipinski definition) is 3. The number of hydrogen-bond donors (Lipinski definition) is 0. The lowest BCUT2D eigenvalue weighted by molar-refractivity contribution is 0.0713. The summed E-state index contributed by atoms with van der Waals surface area (Å²) in [5.74, 6) is -0.186. The summed E-state index contributed by atoms with van der Waals surface area (Å²) in [6.07, 6.45) is 1.76. The van der Waals surface area contributed by atoms with Crippen LogP contribution in [0.3, 0.4) is 0 Å². The van der Waals surface area contributed by atoms with Gasteiger partial charge in [-0.05, 0) is 43.2 Å². The highest BCUT2D eigenvalue weighted by Gasteiger charge is 2.27. The normalized spacial score (nSPS) is 15.7. The van der Waals surface area contributed by atoms with Gasteiger partial charge in [-0.1, -0.05) is 23.7 Å². The maximum Gasteiger partial charge on any atom is 0.255 e. The van der Waals surface area contributed by atoms with E-state index in [0.717, 1.165) is 23.4 Å². The second-order valence-corrected chi connectivity index (χ2v) is 7.68. The smallest absolute Gasteiger partial charge is 0.255 e. The van der Waals surface area contributed by atoms with Crippen LogP contribution in [0.5, 0.6) is 0 Å². The molecule has 0 unspecified atom stereocenters. The van der Waals surface area contributed by atoms with Gasteiger partial charge in [-0.2, -0.15) is 0 Å². The number of para-hydroxylation sites is 1. The Bertz CT molecular complexity index is 901. The Morgan fingerprint density at radius 3 is 2.68 bits per heavy atom.